The van der Waals surface area contributed by atoms with Crippen molar-refractivity contribution in [3.63, 3.8) is 0 Å². The Balaban J connectivity index is -0.0000000450. The first-order valence-electron chi connectivity index (χ1n) is 1.93. The number of hydrogen-bond donors (Lipinski definition) is 0. The summed E-state index contributed by atoms with van der Waals surface area (Å²) in [6, 6.07) is 0. The first kappa shape index (κ1) is 22.9. The van der Waals surface area contributed by atoms with Crippen LogP contribution in [0.3, 0.4) is 0 Å². The molecule has 0 aliphatic carbocycles. The van der Waals surface area contributed by atoms with Gasteiger partial charge in [0.05, 0.1) is 6.26 Å². The minimum atomic E-state index is 0. The van der Waals surface area contributed by atoms with Gasteiger partial charge in [-0.1, -0.05) is 6.08 Å². The lowest BCUT2D eigenvalue weighted by Gasteiger charge is -1.94. The number of nitrogens with zero attached hydrogens (tertiary/aromatic N) is 4. The first-order chi connectivity index (χ1) is 3.00. The maximum absolute atomic E-state index is 4.80. The predicted octanol–water partition coefficient (Wildman–Crippen LogP) is -0.836. The molecule has 52 valence electrons. The van der Waals surface area contributed by atoms with E-state index in [1.807, 2.05) is 18.2 Å². The predicted molar refractivity (Wildman–Crippen MR) is 32.8 cm³/mol. The summed E-state index contributed by atoms with van der Waals surface area (Å²) in [5, 5.41) is 0. The third kappa shape index (κ3) is 10.2. The van der Waals surface area contributed by atoms with Crippen LogP contribution in [0.1, 0.15) is 0 Å². The van der Waals surface area contributed by atoms with Gasteiger partial charge in [0.2, 0.25) is 0 Å². The van der Waals surface area contributed by atoms with Crippen molar-refractivity contribution in [3.8, 4) is 0 Å². The molecule has 5 nitrogen and oxygen atoms in total. The fraction of sp³-hybridized carbons (Fsp3) is 0.200. The Kier molecular flexibility index (Phi) is 36.0. The fourth-order valence-corrected chi connectivity index (χ4v) is 0.346. The highest BCUT2D eigenvalue weighted by Gasteiger charge is 1.75. The van der Waals surface area contributed by atoms with E-state index in [0.717, 1.165) is 6.61 Å². The molecule has 1 aliphatic heterocycles. The average molecular weight is 138 g/mol. The Labute approximate surface area is 61.5 Å². The van der Waals surface area contributed by atoms with Gasteiger partial charge in [-0.2, -0.15) is 0 Å². The normalized spacial score (nSPS) is 10.4. The lowest BCUT2D eigenvalue weighted by molar-refractivity contribution is 0.286. The van der Waals surface area contributed by atoms with E-state index < -0.39 is 0 Å². The van der Waals surface area contributed by atoms with E-state index in [1.165, 1.54) is 0 Å². The molecule has 1 aliphatic rings. The van der Waals surface area contributed by atoms with E-state index in [2.05, 4.69) is 0 Å². The van der Waals surface area contributed by atoms with Gasteiger partial charge in [-0.05, 0) is 12.2 Å². The quantitative estimate of drug-likeness (QED) is 0.424. The van der Waals surface area contributed by atoms with Crippen LogP contribution in [0.5, 0.6) is 0 Å². The Morgan fingerprint density at radius 1 is 0.900 bits per heavy atom. The van der Waals surface area contributed by atoms with Gasteiger partial charge >= 0.3 is 0 Å². The number of rotatable bonds is 0. The second-order valence-electron chi connectivity index (χ2n) is 1.09. The summed E-state index contributed by atoms with van der Waals surface area (Å²) in [5.41, 5.74) is 0. The first-order valence-corrected chi connectivity index (χ1v) is 1.93. The Morgan fingerprint density at radius 3 is 1.60 bits per heavy atom. The summed E-state index contributed by atoms with van der Waals surface area (Å²) in [7, 11) is 0. The van der Waals surface area contributed by atoms with Crippen molar-refractivity contribution in [2.45, 2.75) is 0 Å². The molecule has 0 bridgehead atoms. The van der Waals surface area contributed by atoms with Crippen LogP contribution in [0.4, 0.5) is 0 Å². The van der Waals surface area contributed by atoms with Gasteiger partial charge in [0.1, 0.15) is 6.61 Å². The molecule has 0 saturated carbocycles. The van der Waals surface area contributed by atoms with Crippen LogP contribution in [-0.4, -0.2) is 6.61 Å². The lowest BCUT2D eigenvalue weighted by Crippen LogP contribution is -1.82. The van der Waals surface area contributed by atoms with E-state index in [-0.39, 0.29) is 24.6 Å². The molecular formula is C5H6N4O. The zero-order valence-corrected chi connectivity index (χ0v) is 5.21. The van der Waals surface area contributed by atoms with Crippen LogP contribution in [-0.2, 0) is 4.74 Å². The third-order valence-corrected chi connectivity index (χ3v) is 0.614. The van der Waals surface area contributed by atoms with Gasteiger partial charge < -0.3 is 4.74 Å². The fourth-order valence-electron chi connectivity index (χ4n) is 0.346. The molecular weight excluding hydrogens is 132 g/mol. The summed E-state index contributed by atoms with van der Waals surface area (Å²) in [6.07, 6.45) is 7.47. The summed E-state index contributed by atoms with van der Waals surface area (Å²) >= 11 is 0. The van der Waals surface area contributed by atoms with Crippen LogP contribution in [0, 0.1) is 0 Å². The largest absolute Gasteiger partial charge is 0.497 e. The standard InChI is InChI=1S/C5H6O.4N/c1-2-4-6-5-3-1;;;;/h1-4H,5H2;;;;. The van der Waals surface area contributed by atoms with Crippen LogP contribution in [0.2, 0.25) is 0 Å². The van der Waals surface area contributed by atoms with Crippen LogP contribution >= 0.6 is 0 Å². The van der Waals surface area contributed by atoms with Crippen molar-refractivity contribution in [3.05, 3.63) is 24.5 Å². The van der Waals surface area contributed by atoms with E-state index in [1.54, 1.807) is 6.26 Å². The van der Waals surface area contributed by atoms with Gasteiger partial charge in [-0.15, -0.1) is 0 Å². The Hall–Kier alpha value is -0.880. The van der Waals surface area contributed by atoms with E-state index >= 15 is 0 Å². The Bertz CT molecular complexity index is 79.6. The lowest BCUT2D eigenvalue weighted by atomic mass is 10.5. The average Bonchev–Trinajstić information content (AvgIpc) is 1.72. The van der Waals surface area contributed by atoms with Gasteiger partial charge in [-0.3, -0.25) is 0 Å². The third-order valence-electron chi connectivity index (χ3n) is 0.614. The van der Waals surface area contributed by atoms with E-state index in [9.17, 15) is 0 Å². The second-order valence-corrected chi connectivity index (χ2v) is 1.09. The van der Waals surface area contributed by atoms with Crippen molar-refractivity contribution in [1.82, 2.24) is 24.6 Å². The molecule has 0 atom stereocenters. The van der Waals surface area contributed by atoms with Crippen molar-refractivity contribution in [2.24, 2.45) is 0 Å². The molecule has 0 fully saturated rings. The minimum absolute atomic E-state index is 0. The Morgan fingerprint density at radius 2 is 1.50 bits per heavy atom. The van der Waals surface area contributed by atoms with Gasteiger partial charge in [0, 0.05) is 24.6 Å². The van der Waals surface area contributed by atoms with Crippen molar-refractivity contribution in [1.29, 1.82) is 0 Å². The molecule has 0 amide bonds. The molecule has 0 N–H and O–H groups in total. The molecule has 0 unspecified atom stereocenters. The van der Waals surface area contributed by atoms with Gasteiger partial charge in [0.25, 0.3) is 0 Å². The SMILES string of the molecule is C1=CCOC=C1.[N].[N].[N].[N]. The highest BCUT2D eigenvalue weighted by atomic mass is 16.5. The molecule has 0 aromatic carbocycles. The van der Waals surface area contributed by atoms with Crippen LogP contribution < -0.4 is 24.6 Å². The molecule has 5 heteroatoms. The van der Waals surface area contributed by atoms with E-state index in [4.69, 9.17) is 4.74 Å². The smallest absolute Gasteiger partial charge is 0.106 e. The van der Waals surface area contributed by atoms with E-state index in [0.29, 0.717) is 0 Å². The minimum Gasteiger partial charge on any atom is -0.497 e. The zero-order valence-electron chi connectivity index (χ0n) is 5.21. The molecule has 0 aromatic heterocycles. The molecule has 0 spiro atoms. The molecule has 1 heterocycles. The van der Waals surface area contributed by atoms with Crippen molar-refractivity contribution in [2.75, 3.05) is 6.61 Å². The topological polar surface area (TPSA) is 131 Å². The second kappa shape index (κ2) is 15.7. The van der Waals surface area contributed by atoms with Crippen LogP contribution in [0.15, 0.2) is 24.5 Å². The van der Waals surface area contributed by atoms with Gasteiger partial charge in [-0.25, -0.2) is 0 Å². The maximum atomic E-state index is 4.80. The number of allylic oxidation sites excluding steroid dienone is 2. The van der Waals surface area contributed by atoms with Crippen molar-refractivity contribution < 1.29 is 4.74 Å². The zero-order chi connectivity index (χ0) is 4.24. The maximum Gasteiger partial charge on any atom is 0.106 e. The monoisotopic (exact) mass is 138 g/mol. The molecule has 1 rings (SSSR count). The molecule has 10 heavy (non-hydrogen) atoms. The summed E-state index contributed by atoms with van der Waals surface area (Å²) in [4.78, 5) is 0. The van der Waals surface area contributed by atoms with Crippen LogP contribution in [0.25, 0.3) is 0 Å². The highest BCUT2D eigenvalue weighted by molar-refractivity contribution is 5.02. The number of hydrogen-bond acceptors (Lipinski definition) is 1. The molecule has 0 aromatic rings. The number of ether oxygens (including phenoxy) is 1. The highest BCUT2D eigenvalue weighted by Crippen LogP contribution is 1.87. The summed E-state index contributed by atoms with van der Waals surface area (Å²) < 4.78 is 4.80. The van der Waals surface area contributed by atoms with Gasteiger partial charge in [0.15, 0.2) is 0 Å². The van der Waals surface area contributed by atoms with Crippen molar-refractivity contribution >= 4 is 0 Å². The molecule has 0 saturated heterocycles. The summed E-state index contributed by atoms with van der Waals surface area (Å²) in [5.74, 6) is 0. The summed E-state index contributed by atoms with van der Waals surface area (Å²) in [6.45, 7) is 0.733. The molecule has 12 radical (unpaired) electrons.